The highest BCUT2D eigenvalue weighted by molar-refractivity contribution is 5.86. The summed E-state index contributed by atoms with van der Waals surface area (Å²) in [5.41, 5.74) is 1.60. The van der Waals surface area contributed by atoms with Crippen LogP contribution in [0.1, 0.15) is 24.7 Å². The zero-order valence-corrected chi connectivity index (χ0v) is 14.9. The van der Waals surface area contributed by atoms with Crippen molar-refractivity contribution in [1.29, 1.82) is 0 Å². The Morgan fingerprint density at radius 3 is 3.04 bits per heavy atom. The standard InChI is InChI=1S/C19H19FN4O3/c1-2-14-18(20)19(22-11-21-14)26-12-7-8-24(10-12)17(25)9-15-13-5-3-4-6-16(13)27-23-15/h3-6,11-12H,2,7-10H2,1H3/t12-/m0/s1. The van der Waals surface area contributed by atoms with Gasteiger partial charge in [-0.05, 0) is 18.6 Å². The van der Waals surface area contributed by atoms with E-state index >= 15 is 0 Å². The lowest BCUT2D eigenvalue weighted by atomic mass is 10.1. The Hall–Kier alpha value is -3.03. The summed E-state index contributed by atoms with van der Waals surface area (Å²) >= 11 is 0. The average molecular weight is 370 g/mol. The maximum atomic E-state index is 14.2. The summed E-state index contributed by atoms with van der Waals surface area (Å²) in [6.07, 6.45) is 2.25. The van der Waals surface area contributed by atoms with Gasteiger partial charge in [-0.1, -0.05) is 24.2 Å². The molecular formula is C19H19FN4O3. The zero-order chi connectivity index (χ0) is 18.8. The molecule has 0 aliphatic carbocycles. The Morgan fingerprint density at radius 1 is 1.33 bits per heavy atom. The second-order valence-electron chi connectivity index (χ2n) is 6.46. The second-order valence-corrected chi connectivity index (χ2v) is 6.46. The van der Waals surface area contributed by atoms with E-state index in [0.717, 1.165) is 5.39 Å². The molecule has 0 saturated carbocycles. The van der Waals surface area contributed by atoms with E-state index in [0.29, 0.717) is 42.9 Å². The van der Waals surface area contributed by atoms with Gasteiger partial charge < -0.3 is 14.2 Å². The molecule has 0 bridgehead atoms. The molecule has 2 aromatic heterocycles. The number of para-hydroxylation sites is 1. The van der Waals surface area contributed by atoms with E-state index in [9.17, 15) is 9.18 Å². The van der Waals surface area contributed by atoms with Gasteiger partial charge in [0, 0.05) is 18.4 Å². The number of halogens is 1. The van der Waals surface area contributed by atoms with Gasteiger partial charge in [-0.15, -0.1) is 0 Å². The molecule has 140 valence electrons. The second kappa shape index (κ2) is 7.30. The first kappa shape index (κ1) is 17.4. The van der Waals surface area contributed by atoms with E-state index in [1.165, 1.54) is 6.33 Å². The molecule has 0 unspecified atom stereocenters. The van der Waals surface area contributed by atoms with Crippen LogP contribution in [0.5, 0.6) is 5.88 Å². The van der Waals surface area contributed by atoms with Crippen molar-refractivity contribution in [2.24, 2.45) is 0 Å². The lowest BCUT2D eigenvalue weighted by Crippen LogP contribution is -2.32. The molecule has 27 heavy (non-hydrogen) atoms. The van der Waals surface area contributed by atoms with Gasteiger partial charge >= 0.3 is 0 Å². The Bertz CT molecular complexity index is 974. The minimum atomic E-state index is -0.529. The molecule has 1 amide bonds. The van der Waals surface area contributed by atoms with Crippen molar-refractivity contribution >= 4 is 16.9 Å². The number of likely N-dealkylation sites (tertiary alicyclic amines) is 1. The Balaban J connectivity index is 1.40. The fraction of sp³-hybridized carbons (Fsp3) is 0.368. The van der Waals surface area contributed by atoms with Crippen LogP contribution in [0.15, 0.2) is 35.1 Å². The number of hydrogen-bond donors (Lipinski definition) is 0. The highest BCUT2D eigenvalue weighted by atomic mass is 19.1. The normalized spacial score (nSPS) is 16.8. The smallest absolute Gasteiger partial charge is 0.254 e. The largest absolute Gasteiger partial charge is 0.470 e. The first-order valence-electron chi connectivity index (χ1n) is 8.92. The van der Waals surface area contributed by atoms with Crippen LogP contribution in [-0.2, 0) is 17.6 Å². The topological polar surface area (TPSA) is 81.4 Å². The third kappa shape index (κ3) is 3.47. The average Bonchev–Trinajstić information content (AvgIpc) is 3.31. The highest BCUT2D eigenvalue weighted by Gasteiger charge is 2.29. The number of carbonyl (C=O) groups excluding carboxylic acids is 1. The predicted molar refractivity (Wildman–Crippen MR) is 94.7 cm³/mol. The molecule has 0 spiro atoms. The number of nitrogens with zero attached hydrogens (tertiary/aromatic N) is 4. The van der Waals surface area contributed by atoms with Gasteiger partial charge in [0.25, 0.3) is 5.88 Å². The number of fused-ring (bicyclic) bond motifs is 1. The number of aromatic nitrogens is 3. The van der Waals surface area contributed by atoms with Crippen molar-refractivity contribution < 1.29 is 18.4 Å². The van der Waals surface area contributed by atoms with Crippen LogP contribution in [0.2, 0.25) is 0 Å². The van der Waals surface area contributed by atoms with Gasteiger partial charge in [0.15, 0.2) is 5.58 Å². The monoisotopic (exact) mass is 370 g/mol. The number of hydrogen-bond acceptors (Lipinski definition) is 6. The molecular weight excluding hydrogens is 351 g/mol. The van der Waals surface area contributed by atoms with Crippen LogP contribution in [0, 0.1) is 5.82 Å². The summed E-state index contributed by atoms with van der Waals surface area (Å²) in [6.45, 7) is 2.75. The lowest BCUT2D eigenvalue weighted by Gasteiger charge is -2.17. The number of ether oxygens (including phenoxy) is 1. The summed E-state index contributed by atoms with van der Waals surface area (Å²) in [4.78, 5) is 22.1. The van der Waals surface area contributed by atoms with E-state index < -0.39 is 5.82 Å². The fourth-order valence-corrected chi connectivity index (χ4v) is 3.25. The summed E-state index contributed by atoms with van der Waals surface area (Å²) in [5, 5.41) is 4.84. The van der Waals surface area contributed by atoms with Crippen LogP contribution in [0.3, 0.4) is 0 Å². The lowest BCUT2D eigenvalue weighted by molar-refractivity contribution is -0.129. The number of amides is 1. The van der Waals surface area contributed by atoms with E-state index in [-0.39, 0.29) is 24.3 Å². The minimum Gasteiger partial charge on any atom is -0.470 e. The highest BCUT2D eigenvalue weighted by Crippen LogP contribution is 2.23. The maximum absolute atomic E-state index is 14.2. The van der Waals surface area contributed by atoms with E-state index in [4.69, 9.17) is 9.26 Å². The molecule has 1 aromatic carbocycles. The minimum absolute atomic E-state index is 0.0522. The molecule has 0 N–H and O–H groups in total. The van der Waals surface area contributed by atoms with E-state index in [1.807, 2.05) is 31.2 Å². The molecule has 0 radical (unpaired) electrons. The molecule has 1 fully saturated rings. The predicted octanol–water partition coefficient (Wildman–Crippen LogP) is 2.54. The van der Waals surface area contributed by atoms with Gasteiger partial charge in [-0.3, -0.25) is 4.79 Å². The summed E-state index contributed by atoms with van der Waals surface area (Å²) in [6, 6.07) is 7.44. The van der Waals surface area contributed by atoms with E-state index in [2.05, 4.69) is 15.1 Å². The molecule has 7 nitrogen and oxygen atoms in total. The third-order valence-corrected chi connectivity index (χ3v) is 4.71. The quantitative estimate of drug-likeness (QED) is 0.687. The van der Waals surface area contributed by atoms with Crippen molar-refractivity contribution in [2.75, 3.05) is 13.1 Å². The van der Waals surface area contributed by atoms with Crippen molar-refractivity contribution in [3.63, 3.8) is 0 Å². The van der Waals surface area contributed by atoms with Gasteiger partial charge in [0.05, 0.1) is 18.7 Å². The number of carbonyl (C=O) groups is 1. The molecule has 4 rings (SSSR count). The molecule has 3 heterocycles. The first-order valence-corrected chi connectivity index (χ1v) is 8.92. The van der Waals surface area contributed by atoms with Crippen LogP contribution in [0.25, 0.3) is 11.0 Å². The van der Waals surface area contributed by atoms with Crippen LogP contribution in [-0.4, -0.2) is 45.1 Å². The summed E-state index contributed by atoms with van der Waals surface area (Å²) < 4.78 is 25.2. The van der Waals surface area contributed by atoms with Crippen LogP contribution < -0.4 is 4.74 Å². The summed E-state index contributed by atoms with van der Waals surface area (Å²) in [5.74, 6) is -0.639. The van der Waals surface area contributed by atoms with Crippen molar-refractivity contribution in [1.82, 2.24) is 20.0 Å². The maximum Gasteiger partial charge on any atom is 0.254 e. The number of rotatable bonds is 5. The molecule has 1 atom stereocenters. The van der Waals surface area contributed by atoms with Gasteiger partial charge in [-0.2, -0.15) is 9.37 Å². The molecule has 1 aliphatic heterocycles. The first-order chi connectivity index (χ1) is 13.2. The number of aryl methyl sites for hydroxylation is 1. The van der Waals surface area contributed by atoms with Crippen molar-refractivity contribution in [3.8, 4) is 5.88 Å². The molecule has 1 aliphatic rings. The Labute approximate surface area is 155 Å². The van der Waals surface area contributed by atoms with Gasteiger partial charge in [0.2, 0.25) is 11.7 Å². The summed E-state index contributed by atoms with van der Waals surface area (Å²) in [7, 11) is 0. The zero-order valence-electron chi connectivity index (χ0n) is 14.9. The Kier molecular flexibility index (Phi) is 4.70. The molecule has 3 aromatic rings. The van der Waals surface area contributed by atoms with Gasteiger partial charge in [0.1, 0.15) is 18.1 Å². The number of benzene rings is 1. The van der Waals surface area contributed by atoms with Crippen LogP contribution >= 0.6 is 0 Å². The van der Waals surface area contributed by atoms with Crippen LogP contribution in [0.4, 0.5) is 4.39 Å². The SMILES string of the molecule is CCc1ncnc(O[C@H]2CCN(C(=O)Cc3noc4ccccc34)C2)c1F. The van der Waals surface area contributed by atoms with Crippen molar-refractivity contribution in [3.05, 3.63) is 47.8 Å². The third-order valence-electron chi connectivity index (χ3n) is 4.71. The Morgan fingerprint density at radius 2 is 2.19 bits per heavy atom. The van der Waals surface area contributed by atoms with Gasteiger partial charge in [-0.25, -0.2) is 4.98 Å². The van der Waals surface area contributed by atoms with E-state index in [1.54, 1.807) is 4.90 Å². The molecule has 1 saturated heterocycles. The van der Waals surface area contributed by atoms with Crippen molar-refractivity contribution in [2.45, 2.75) is 32.3 Å². The fourth-order valence-electron chi connectivity index (χ4n) is 3.25. The molecule has 8 heteroatoms.